The fourth-order valence-corrected chi connectivity index (χ4v) is 2.06. The molecule has 0 saturated heterocycles. The zero-order chi connectivity index (χ0) is 16.2. The smallest absolute Gasteiger partial charge is 0.377 e. The maximum atomic E-state index is 11.7. The molecule has 3 rings (SSSR count). The highest BCUT2D eigenvalue weighted by Gasteiger charge is 2.19. The number of carbonyl (C=O) groups is 1. The monoisotopic (exact) mass is 310 g/mol. The third-order valence-electron chi connectivity index (χ3n) is 3.18. The van der Waals surface area contributed by atoms with Crippen LogP contribution in [0.25, 0.3) is 17.1 Å². The van der Waals surface area contributed by atoms with Crippen LogP contribution in [-0.4, -0.2) is 39.9 Å². The fourth-order valence-electron chi connectivity index (χ4n) is 2.06. The number of nitrogens with zero attached hydrogens (tertiary/aromatic N) is 4. The van der Waals surface area contributed by atoms with Crippen molar-refractivity contribution in [3.8, 4) is 23.0 Å². The van der Waals surface area contributed by atoms with Crippen molar-refractivity contribution >= 4 is 5.97 Å². The van der Waals surface area contributed by atoms with Crippen molar-refractivity contribution in [2.45, 2.75) is 0 Å². The molecule has 7 nitrogen and oxygen atoms in total. The topological polar surface area (TPSA) is 79.1 Å². The molecule has 2 aromatic heterocycles. The molecule has 0 fully saturated rings. The first kappa shape index (κ1) is 14.7. The van der Waals surface area contributed by atoms with Crippen LogP contribution in [0.3, 0.4) is 0 Å². The maximum Gasteiger partial charge on any atom is 0.377 e. The van der Waals surface area contributed by atoms with Gasteiger partial charge < -0.3 is 9.47 Å². The molecule has 116 valence electrons. The van der Waals surface area contributed by atoms with Crippen molar-refractivity contribution in [2.24, 2.45) is 0 Å². The lowest BCUT2D eigenvalue weighted by molar-refractivity contribution is 0.0587. The average Bonchev–Trinajstić information content (AvgIpc) is 3.07. The predicted molar refractivity (Wildman–Crippen MR) is 82.5 cm³/mol. The van der Waals surface area contributed by atoms with Crippen LogP contribution < -0.4 is 4.74 Å². The summed E-state index contributed by atoms with van der Waals surface area (Å²) in [5, 5.41) is 4.24. The molecule has 7 heteroatoms. The number of methoxy groups -OCH3 is 2. The molecule has 3 aromatic rings. The van der Waals surface area contributed by atoms with Crippen molar-refractivity contribution in [3.63, 3.8) is 0 Å². The van der Waals surface area contributed by atoms with E-state index in [1.807, 2.05) is 30.3 Å². The number of esters is 1. The van der Waals surface area contributed by atoms with Crippen molar-refractivity contribution in [1.82, 2.24) is 19.7 Å². The highest BCUT2D eigenvalue weighted by molar-refractivity contribution is 5.85. The van der Waals surface area contributed by atoms with Gasteiger partial charge in [0, 0.05) is 17.8 Å². The zero-order valence-corrected chi connectivity index (χ0v) is 12.6. The number of para-hydroxylation sites is 1. The minimum absolute atomic E-state index is 0.0119. The van der Waals surface area contributed by atoms with E-state index in [0.717, 1.165) is 5.69 Å². The van der Waals surface area contributed by atoms with Gasteiger partial charge in [-0.15, -0.1) is 5.10 Å². The Labute approximate surface area is 132 Å². The molecule has 0 radical (unpaired) electrons. The van der Waals surface area contributed by atoms with E-state index in [0.29, 0.717) is 17.3 Å². The third kappa shape index (κ3) is 2.89. The summed E-state index contributed by atoms with van der Waals surface area (Å²) in [7, 11) is 2.84. The van der Waals surface area contributed by atoms with Crippen molar-refractivity contribution in [3.05, 3.63) is 54.5 Å². The van der Waals surface area contributed by atoms with Crippen molar-refractivity contribution < 1.29 is 14.3 Å². The zero-order valence-electron chi connectivity index (χ0n) is 12.6. The number of pyridine rings is 1. The molecule has 0 atom stereocenters. The van der Waals surface area contributed by atoms with Gasteiger partial charge in [-0.3, -0.25) is 0 Å². The number of hydrogen-bond acceptors (Lipinski definition) is 6. The van der Waals surface area contributed by atoms with Gasteiger partial charge in [-0.05, 0) is 18.2 Å². The molecular weight excluding hydrogens is 296 g/mol. The van der Waals surface area contributed by atoms with Crippen LogP contribution >= 0.6 is 0 Å². The maximum absolute atomic E-state index is 11.7. The second-order valence-corrected chi connectivity index (χ2v) is 4.59. The highest BCUT2D eigenvalue weighted by atomic mass is 16.5. The van der Waals surface area contributed by atoms with Gasteiger partial charge in [0.2, 0.25) is 5.88 Å². The van der Waals surface area contributed by atoms with Crippen LogP contribution in [0.4, 0.5) is 0 Å². The molecule has 2 heterocycles. The molecule has 0 amide bonds. The summed E-state index contributed by atoms with van der Waals surface area (Å²) in [6.07, 6.45) is 1.61. The summed E-state index contributed by atoms with van der Waals surface area (Å²) in [5.41, 5.74) is 1.48. The standard InChI is InChI=1S/C16H14N4O3/c1-22-13-9-8-11(10-17-13)15-18-14(16(21)23-2)19-20(15)12-6-4-3-5-7-12/h3-10H,1-2H3. The molecule has 0 saturated carbocycles. The lowest BCUT2D eigenvalue weighted by Crippen LogP contribution is -2.05. The Morgan fingerprint density at radius 1 is 1.09 bits per heavy atom. The molecule has 0 bridgehead atoms. The minimum Gasteiger partial charge on any atom is -0.481 e. The van der Waals surface area contributed by atoms with Gasteiger partial charge in [-0.2, -0.15) is 0 Å². The van der Waals surface area contributed by atoms with E-state index in [1.54, 1.807) is 30.1 Å². The second kappa shape index (κ2) is 6.27. The average molecular weight is 310 g/mol. The van der Waals surface area contributed by atoms with Gasteiger partial charge >= 0.3 is 5.97 Å². The van der Waals surface area contributed by atoms with E-state index in [1.165, 1.54) is 7.11 Å². The molecule has 0 aliphatic heterocycles. The van der Waals surface area contributed by atoms with E-state index in [9.17, 15) is 4.79 Å². The quantitative estimate of drug-likeness (QED) is 0.687. The first-order chi connectivity index (χ1) is 11.2. The number of hydrogen-bond donors (Lipinski definition) is 0. The predicted octanol–water partition coefficient (Wildman–Crippen LogP) is 2.12. The van der Waals surface area contributed by atoms with E-state index < -0.39 is 5.97 Å². The fraction of sp³-hybridized carbons (Fsp3) is 0.125. The SMILES string of the molecule is COC(=O)c1nc(-c2ccc(OC)nc2)n(-c2ccccc2)n1. The van der Waals surface area contributed by atoms with Crippen LogP contribution in [0.5, 0.6) is 5.88 Å². The van der Waals surface area contributed by atoms with Crippen LogP contribution in [-0.2, 0) is 4.74 Å². The van der Waals surface area contributed by atoms with E-state index in [2.05, 4.69) is 15.1 Å². The molecule has 0 aliphatic carbocycles. The Morgan fingerprint density at radius 3 is 2.48 bits per heavy atom. The number of rotatable bonds is 4. The molecule has 0 aliphatic rings. The molecule has 1 aromatic carbocycles. The van der Waals surface area contributed by atoms with Crippen LogP contribution in [0.1, 0.15) is 10.6 Å². The van der Waals surface area contributed by atoms with E-state index in [4.69, 9.17) is 9.47 Å². The second-order valence-electron chi connectivity index (χ2n) is 4.59. The first-order valence-corrected chi connectivity index (χ1v) is 6.84. The van der Waals surface area contributed by atoms with Crippen LogP contribution in [0.15, 0.2) is 48.7 Å². The Bertz CT molecular complexity index is 813. The summed E-state index contributed by atoms with van der Waals surface area (Å²) in [6, 6.07) is 12.9. The van der Waals surface area contributed by atoms with Gasteiger partial charge in [-0.1, -0.05) is 18.2 Å². The van der Waals surface area contributed by atoms with Crippen molar-refractivity contribution in [1.29, 1.82) is 0 Å². The Morgan fingerprint density at radius 2 is 1.87 bits per heavy atom. The summed E-state index contributed by atoms with van der Waals surface area (Å²) in [5.74, 6) is 0.379. The van der Waals surface area contributed by atoms with Crippen LogP contribution in [0.2, 0.25) is 0 Å². The summed E-state index contributed by atoms with van der Waals surface area (Å²) in [6.45, 7) is 0. The van der Waals surface area contributed by atoms with E-state index >= 15 is 0 Å². The minimum atomic E-state index is -0.595. The van der Waals surface area contributed by atoms with Gasteiger partial charge in [-0.25, -0.2) is 19.4 Å². The Kier molecular flexibility index (Phi) is 4.01. The van der Waals surface area contributed by atoms with Gasteiger partial charge in [0.15, 0.2) is 5.82 Å². The molecule has 0 unspecified atom stereocenters. The van der Waals surface area contributed by atoms with Gasteiger partial charge in [0.05, 0.1) is 19.9 Å². The number of benzene rings is 1. The molecule has 0 N–H and O–H groups in total. The summed E-state index contributed by atoms with van der Waals surface area (Å²) < 4.78 is 11.3. The largest absolute Gasteiger partial charge is 0.481 e. The lowest BCUT2D eigenvalue weighted by Gasteiger charge is -2.05. The summed E-state index contributed by atoms with van der Waals surface area (Å²) in [4.78, 5) is 20.2. The third-order valence-corrected chi connectivity index (χ3v) is 3.18. The normalized spacial score (nSPS) is 10.3. The molecule has 23 heavy (non-hydrogen) atoms. The lowest BCUT2D eigenvalue weighted by atomic mass is 10.2. The Balaban J connectivity index is 2.13. The molecule has 0 spiro atoms. The number of carbonyl (C=O) groups excluding carboxylic acids is 1. The van der Waals surface area contributed by atoms with Crippen molar-refractivity contribution in [2.75, 3.05) is 14.2 Å². The number of ether oxygens (including phenoxy) is 2. The number of aromatic nitrogens is 4. The van der Waals surface area contributed by atoms with Gasteiger partial charge in [0.1, 0.15) is 0 Å². The summed E-state index contributed by atoms with van der Waals surface area (Å²) >= 11 is 0. The van der Waals surface area contributed by atoms with E-state index in [-0.39, 0.29) is 5.82 Å². The highest BCUT2D eigenvalue weighted by Crippen LogP contribution is 2.22. The molecular formula is C16H14N4O3. The Hall–Kier alpha value is -3.22. The van der Waals surface area contributed by atoms with Gasteiger partial charge in [0.25, 0.3) is 5.82 Å². The first-order valence-electron chi connectivity index (χ1n) is 6.84. The van der Waals surface area contributed by atoms with Crippen LogP contribution in [0, 0.1) is 0 Å².